The molecule has 4 heterocycles. The minimum atomic E-state index is -0.758. The lowest BCUT2D eigenvalue weighted by atomic mass is 9.61. The molecule has 0 radical (unpaired) electrons. The highest BCUT2D eigenvalue weighted by Crippen LogP contribution is 2.46. The summed E-state index contributed by atoms with van der Waals surface area (Å²) in [6, 6.07) is 3.04. The van der Waals surface area contributed by atoms with Gasteiger partial charge in [-0.15, -0.1) is 0 Å². The van der Waals surface area contributed by atoms with Crippen molar-refractivity contribution in [3.63, 3.8) is 0 Å². The number of aliphatic carboxylic acids is 1. The fourth-order valence-electron chi connectivity index (χ4n) is 5.69. The molecule has 3 N–H and O–H groups in total. The summed E-state index contributed by atoms with van der Waals surface area (Å²) in [6.07, 6.45) is 10.4. The number of aryl methyl sites for hydroxylation is 1. The van der Waals surface area contributed by atoms with E-state index in [2.05, 4.69) is 20.4 Å². The van der Waals surface area contributed by atoms with Crippen molar-refractivity contribution in [2.45, 2.75) is 31.7 Å². The molecule has 2 atom stereocenters. The Labute approximate surface area is 194 Å². The molecule has 0 spiro atoms. The highest BCUT2D eigenvalue weighted by Gasteiger charge is 2.47. The van der Waals surface area contributed by atoms with E-state index >= 15 is 0 Å². The normalized spacial score (nSPS) is 23.9. The molecule has 10 heteroatoms. The fraction of sp³-hybridized carbons (Fsp3) is 0.375. The van der Waals surface area contributed by atoms with E-state index < -0.39 is 17.7 Å². The summed E-state index contributed by atoms with van der Waals surface area (Å²) >= 11 is 0. The minimum Gasteiger partial charge on any atom is -0.481 e. The van der Waals surface area contributed by atoms with Gasteiger partial charge in [-0.05, 0) is 43.6 Å². The topological polar surface area (TPSA) is 122 Å². The van der Waals surface area contributed by atoms with Gasteiger partial charge in [0.1, 0.15) is 17.3 Å². The predicted molar refractivity (Wildman–Crippen MR) is 123 cm³/mol. The molecular formula is C24H24FN7O2. The standard InChI is InChI=1S/C24H24FN7O2/c1-32-11-14(8-28-32)18-7-19(30-21-13-4-2-12(3-5-13)20(21)24(33)34)31-23(29-18)17-10-27-22-16(17)6-15(25)9-26-22/h6-13,20-21H,2-5H2,1H3,(H,26,27)(H,33,34)(H,29,30,31). The van der Waals surface area contributed by atoms with E-state index in [-0.39, 0.29) is 17.9 Å². The summed E-state index contributed by atoms with van der Waals surface area (Å²) in [4.78, 5) is 28.8. The second-order valence-electron chi connectivity index (χ2n) is 9.33. The van der Waals surface area contributed by atoms with E-state index in [1.54, 1.807) is 17.1 Å². The lowest BCUT2D eigenvalue weighted by Crippen LogP contribution is -2.51. The zero-order valence-corrected chi connectivity index (χ0v) is 18.6. The zero-order valence-electron chi connectivity index (χ0n) is 18.6. The van der Waals surface area contributed by atoms with E-state index in [9.17, 15) is 14.3 Å². The van der Waals surface area contributed by atoms with E-state index in [1.165, 1.54) is 6.07 Å². The third-order valence-electron chi connectivity index (χ3n) is 7.28. The number of rotatable bonds is 5. The first kappa shape index (κ1) is 20.8. The number of anilines is 1. The number of H-pyrrole nitrogens is 1. The average molecular weight is 462 g/mol. The van der Waals surface area contributed by atoms with Crippen LogP contribution in [-0.4, -0.2) is 46.8 Å². The fourth-order valence-corrected chi connectivity index (χ4v) is 5.69. The van der Waals surface area contributed by atoms with Crippen molar-refractivity contribution >= 4 is 22.8 Å². The Balaban J connectivity index is 1.46. The van der Waals surface area contributed by atoms with Gasteiger partial charge in [0.15, 0.2) is 5.82 Å². The van der Waals surface area contributed by atoms with Gasteiger partial charge in [-0.2, -0.15) is 5.10 Å². The second kappa shape index (κ2) is 7.89. The lowest BCUT2D eigenvalue weighted by molar-refractivity contribution is -0.148. The molecule has 3 saturated carbocycles. The molecule has 0 saturated heterocycles. The number of aromatic amines is 1. The van der Waals surface area contributed by atoms with Crippen LogP contribution >= 0.6 is 0 Å². The number of aromatic nitrogens is 6. The van der Waals surface area contributed by atoms with Gasteiger partial charge in [0.2, 0.25) is 0 Å². The molecule has 174 valence electrons. The molecule has 3 aliphatic rings. The van der Waals surface area contributed by atoms with Crippen LogP contribution in [0.2, 0.25) is 0 Å². The summed E-state index contributed by atoms with van der Waals surface area (Å²) < 4.78 is 15.6. The molecule has 4 aromatic rings. The summed E-state index contributed by atoms with van der Waals surface area (Å²) in [6.45, 7) is 0. The highest BCUT2D eigenvalue weighted by atomic mass is 19.1. The van der Waals surface area contributed by atoms with Crippen molar-refractivity contribution in [1.82, 2.24) is 29.7 Å². The van der Waals surface area contributed by atoms with Crippen LogP contribution in [0.15, 0.2) is 36.9 Å². The number of fused-ring (bicyclic) bond motifs is 4. The van der Waals surface area contributed by atoms with Crippen molar-refractivity contribution in [3.05, 3.63) is 42.7 Å². The monoisotopic (exact) mass is 461 g/mol. The van der Waals surface area contributed by atoms with Gasteiger partial charge in [0.05, 0.1) is 24.0 Å². The van der Waals surface area contributed by atoms with Gasteiger partial charge in [-0.3, -0.25) is 9.48 Å². The summed E-state index contributed by atoms with van der Waals surface area (Å²) in [7, 11) is 1.83. The Hall–Kier alpha value is -3.82. The van der Waals surface area contributed by atoms with Crippen LogP contribution in [0.1, 0.15) is 25.7 Å². The Morgan fingerprint density at radius 1 is 1.18 bits per heavy atom. The van der Waals surface area contributed by atoms with Crippen LogP contribution < -0.4 is 5.32 Å². The van der Waals surface area contributed by atoms with Crippen molar-refractivity contribution in [3.8, 4) is 22.6 Å². The number of pyridine rings is 1. The Kier molecular flexibility index (Phi) is 4.82. The number of nitrogens with one attached hydrogen (secondary N) is 2. The maximum atomic E-state index is 14.0. The number of hydrogen-bond acceptors (Lipinski definition) is 6. The Bertz CT molecular complexity index is 1390. The smallest absolute Gasteiger partial charge is 0.308 e. The van der Waals surface area contributed by atoms with Gasteiger partial charge < -0.3 is 15.4 Å². The number of carboxylic acid groups (broad SMARTS) is 1. The van der Waals surface area contributed by atoms with E-state index in [0.717, 1.165) is 37.4 Å². The largest absolute Gasteiger partial charge is 0.481 e. The number of halogens is 1. The van der Waals surface area contributed by atoms with Crippen LogP contribution in [-0.2, 0) is 11.8 Å². The number of nitrogens with zero attached hydrogens (tertiary/aromatic N) is 5. The van der Waals surface area contributed by atoms with Gasteiger partial charge in [-0.1, -0.05) is 0 Å². The van der Waals surface area contributed by atoms with Crippen LogP contribution in [0.3, 0.4) is 0 Å². The van der Waals surface area contributed by atoms with Crippen molar-refractivity contribution < 1.29 is 14.3 Å². The minimum absolute atomic E-state index is 0.182. The average Bonchev–Trinajstić information content (AvgIpc) is 3.45. The maximum Gasteiger partial charge on any atom is 0.308 e. The predicted octanol–water partition coefficient (Wildman–Crippen LogP) is 3.86. The van der Waals surface area contributed by atoms with Crippen molar-refractivity contribution in [2.24, 2.45) is 24.8 Å². The Morgan fingerprint density at radius 3 is 2.71 bits per heavy atom. The van der Waals surface area contributed by atoms with Gasteiger partial charge >= 0.3 is 5.97 Å². The van der Waals surface area contributed by atoms with Crippen LogP contribution in [0, 0.1) is 23.6 Å². The zero-order chi connectivity index (χ0) is 23.4. The van der Waals surface area contributed by atoms with Gasteiger partial charge in [-0.25, -0.2) is 19.3 Å². The molecule has 3 aliphatic carbocycles. The molecule has 9 nitrogen and oxygen atoms in total. The quantitative estimate of drug-likeness (QED) is 0.413. The number of hydrogen-bond donors (Lipinski definition) is 3. The molecule has 2 unspecified atom stereocenters. The Morgan fingerprint density at radius 2 is 1.97 bits per heavy atom. The molecule has 3 fully saturated rings. The lowest BCUT2D eigenvalue weighted by Gasteiger charge is -2.47. The summed E-state index contributed by atoms with van der Waals surface area (Å²) in [5.74, 6) is -0.232. The van der Waals surface area contributed by atoms with Crippen LogP contribution in [0.25, 0.3) is 33.7 Å². The highest BCUT2D eigenvalue weighted by molar-refractivity contribution is 5.92. The van der Waals surface area contributed by atoms with Gasteiger partial charge in [0.25, 0.3) is 0 Å². The molecule has 7 rings (SSSR count). The van der Waals surface area contributed by atoms with Crippen LogP contribution in [0.4, 0.5) is 10.2 Å². The molecule has 34 heavy (non-hydrogen) atoms. The molecular weight excluding hydrogens is 437 g/mol. The van der Waals surface area contributed by atoms with Gasteiger partial charge in [0, 0.05) is 48.1 Å². The first-order valence-corrected chi connectivity index (χ1v) is 11.5. The number of carbonyl (C=O) groups is 1. The summed E-state index contributed by atoms with van der Waals surface area (Å²) in [5, 5.41) is 18.3. The summed E-state index contributed by atoms with van der Waals surface area (Å²) in [5.41, 5.74) is 2.61. The molecule has 2 bridgehead atoms. The second-order valence-corrected chi connectivity index (χ2v) is 9.33. The van der Waals surface area contributed by atoms with Crippen molar-refractivity contribution in [2.75, 3.05) is 5.32 Å². The SMILES string of the molecule is Cn1cc(-c2cc(NC3C4CCC(CC4)C3C(=O)O)nc(-c3c[nH]c4ncc(F)cc34)n2)cn1. The van der Waals surface area contributed by atoms with E-state index in [1.807, 2.05) is 19.3 Å². The third-order valence-corrected chi connectivity index (χ3v) is 7.28. The molecule has 0 amide bonds. The molecule has 0 aromatic carbocycles. The molecule has 4 aromatic heterocycles. The van der Waals surface area contributed by atoms with Crippen LogP contribution in [0.5, 0.6) is 0 Å². The maximum absolute atomic E-state index is 14.0. The first-order valence-electron chi connectivity index (χ1n) is 11.5. The first-order chi connectivity index (χ1) is 16.5. The third kappa shape index (κ3) is 3.49. The van der Waals surface area contributed by atoms with E-state index in [4.69, 9.17) is 9.97 Å². The number of carboxylic acids is 1. The van der Waals surface area contributed by atoms with Crippen molar-refractivity contribution in [1.29, 1.82) is 0 Å². The van der Waals surface area contributed by atoms with E-state index in [0.29, 0.717) is 33.9 Å². The molecule has 0 aliphatic heterocycles.